The summed E-state index contributed by atoms with van der Waals surface area (Å²) in [5.74, 6) is 3.83. The molecule has 0 aromatic rings. The third-order valence-electron chi connectivity index (χ3n) is 12.7. The number of carbonyl (C=O) groups excluding carboxylic acids is 3. The van der Waals surface area contributed by atoms with Crippen LogP contribution in [0.15, 0.2) is 11.6 Å². The van der Waals surface area contributed by atoms with E-state index in [0.717, 1.165) is 54.8 Å². The van der Waals surface area contributed by atoms with E-state index in [2.05, 4.69) is 40.7 Å². The smallest absolute Gasteiger partial charge is 0.462 e. The molecular weight excluding hydrogens is 568 g/mol. The molecule has 0 aromatic carbocycles. The molecule has 0 amide bonds. The molecule has 3 fully saturated rings. The second kappa shape index (κ2) is 14.8. The highest BCUT2D eigenvalue weighted by atomic mass is 16.8. The summed E-state index contributed by atoms with van der Waals surface area (Å²) in [5, 5.41) is 0. The van der Waals surface area contributed by atoms with E-state index in [4.69, 9.17) is 18.9 Å². The zero-order chi connectivity index (χ0) is 33.0. The fourth-order valence-corrected chi connectivity index (χ4v) is 9.74. The Morgan fingerprint density at radius 1 is 0.933 bits per heavy atom. The Labute approximate surface area is 272 Å². The third-order valence-corrected chi connectivity index (χ3v) is 12.7. The summed E-state index contributed by atoms with van der Waals surface area (Å²) >= 11 is 0. The lowest BCUT2D eigenvalue weighted by Gasteiger charge is -2.58. The molecular formula is C38H62O7. The van der Waals surface area contributed by atoms with Gasteiger partial charge in [0.2, 0.25) is 6.79 Å². The first kappa shape index (κ1) is 35.8. The Kier molecular flexibility index (Phi) is 11.8. The lowest BCUT2D eigenvalue weighted by molar-refractivity contribution is -0.160. The van der Waals surface area contributed by atoms with Gasteiger partial charge in [0.1, 0.15) is 11.7 Å². The number of carbonyl (C=O) groups is 3. The van der Waals surface area contributed by atoms with Gasteiger partial charge in [-0.2, -0.15) is 0 Å². The van der Waals surface area contributed by atoms with Gasteiger partial charge in [-0.3, -0.25) is 9.59 Å². The predicted octanol–water partition coefficient (Wildman–Crippen LogP) is 9.56. The predicted molar refractivity (Wildman–Crippen MR) is 175 cm³/mol. The first-order valence-corrected chi connectivity index (χ1v) is 18.1. The van der Waals surface area contributed by atoms with Crippen LogP contribution in [0.2, 0.25) is 0 Å². The molecule has 7 nitrogen and oxygen atoms in total. The van der Waals surface area contributed by atoms with Gasteiger partial charge in [0.25, 0.3) is 0 Å². The Morgan fingerprint density at radius 3 is 2.38 bits per heavy atom. The Hall–Kier alpha value is -2.05. The lowest BCUT2D eigenvalue weighted by Crippen LogP contribution is -2.51. The molecule has 0 N–H and O–H groups in total. The summed E-state index contributed by atoms with van der Waals surface area (Å²) in [6.45, 7) is 17.3. The van der Waals surface area contributed by atoms with Crippen LogP contribution in [0.5, 0.6) is 0 Å². The fraction of sp³-hybridized carbons (Fsp3) is 0.868. The zero-order valence-corrected chi connectivity index (χ0v) is 29.6. The minimum absolute atomic E-state index is 0.0546. The van der Waals surface area contributed by atoms with Crippen molar-refractivity contribution < 1.29 is 33.3 Å². The van der Waals surface area contributed by atoms with Crippen LogP contribution in [0.3, 0.4) is 0 Å². The molecule has 0 bridgehead atoms. The number of hydrogen-bond acceptors (Lipinski definition) is 7. The van der Waals surface area contributed by atoms with E-state index in [0.29, 0.717) is 11.8 Å². The van der Waals surface area contributed by atoms with Crippen LogP contribution >= 0.6 is 0 Å². The minimum Gasteiger partial charge on any atom is -0.462 e. The Bertz CT molecular complexity index is 1080. The molecule has 0 aromatic heterocycles. The molecule has 1 unspecified atom stereocenters. The van der Waals surface area contributed by atoms with E-state index in [1.807, 2.05) is 6.92 Å². The van der Waals surface area contributed by atoms with Gasteiger partial charge in [0.15, 0.2) is 0 Å². The molecule has 4 aliphatic carbocycles. The van der Waals surface area contributed by atoms with E-state index < -0.39 is 24.5 Å². The summed E-state index contributed by atoms with van der Waals surface area (Å²) in [4.78, 5) is 36.5. The van der Waals surface area contributed by atoms with Crippen molar-refractivity contribution in [1.29, 1.82) is 0 Å². The number of ether oxygens (including phenoxy) is 4. The van der Waals surface area contributed by atoms with Crippen LogP contribution in [-0.4, -0.2) is 36.6 Å². The van der Waals surface area contributed by atoms with Crippen molar-refractivity contribution in [3.8, 4) is 0 Å². The van der Waals surface area contributed by atoms with Crippen LogP contribution in [-0.2, 0) is 28.5 Å². The molecule has 256 valence electrons. The summed E-state index contributed by atoms with van der Waals surface area (Å²) in [7, 11) is 0. The maximum Gasteiger partial charge on any atom is 0.511 e. The normalized spacial score (nSPS) is 33.3. The van der Waals surface area contributed by atoms with Crippen molar-refractivity contribution in [3.05, 3.63) is 11.6 Å². The fourth-order valence-electron chi connectivity index (χ4n) is 9.74. The van der Waals surface area contributed by atoms with Crippen molar-refractivity contribution in [1.82, 2.24) is 0 Å². The minimum atomic E-state index is -0.890. The average Bonchev–Trinajstić information content (AvgIpc) is 3.33. The quantitative estimate of drug-likeness (QED) is 0.0866. The molecule has 3 saturated carbocycles. The topological polar surface area (TPSA) is 88.1 Å². The number of hydrogen-bond donors (Lipinski definition) is 0. The van der Waals surface area contributed by atoms with E-state index in [-0.39, 0.29) is 30.3 Å². The van der Waals surface area contributed by atoms with Gasteiger partial charge in [-0.25, -0.2) is 4.79 Å². The second-order valence-electron chi connectivity index (χ2n) is 16.4. The van der Waals surface area contributed by atoms with Gasteiger partial charge in [-0.1, -0.05) is 72.5 Å². The summed E-state index contributed by atoms with van der Waals surface area (Å²) in [6.07, 6.45) is 15.4. The molecule has 8 atom stereocenters. The van der Waals surface area contributed by atoms with Crippen molar-refractivity contribution in [2.24, 2.45) is 46.3 Å². The van der Waals surface area contributed by atoms with Crippen LogP contribution in [0.4, 0.5) is 4.79 Å². The van der Waals surface area contributed by atoms with Crippen molar-refractivity contribution in [2.45, 2.75) is 157 Å². The van der Waals surface area contributed by atoms with E-state index in [1.54, 1.807) is 13.8 Å². The maximum atomic E-state index is 12.6. The lowest BCUT2D eigenvalue weighted by atomic mass is 9.47. The second-order valence-corrected chi connectivity index (χ2v) is 16.4. The highest BCUT2D eigenvalue weighted by molar-refractivity contribution is 5.77. The van der Waals surface area contributed by atoms with Gasteiger partial charge in [0.05, 0.1) is 12.8 Å². The van der Waals surface area contributed by atoms with Crippen LogP contribution in [0.25, 0.3) is 0 Å². The van der Waals surface area contributed by atoms with Gasteiger partial charge in [-0.05, 0) is 112 Å². The molecule has 0 saturated heterocycles. The molecule has 0 radical (unpaired) electrons. The molecule has 0 aliphatic heterocycles. The molecule has 7 heteroatoms. The molecule has 45 heavy (non-hydrogen) atoms. The van der Waals surface area contributed by atoms with Gasteiger partial charge in [0, 0.05) is 6.42 Å². The maximum absolute atomic E-state index is 12.6. The number of rotatable bonds is 13. The number of allylic oxidation sites excluding steroid dienone is 1. The zero-order valence-electron chi connectivity index (χ0n) is 29.6. The van der Waals surface area contributed by atoms with Gasteiger partial charge >= 0.3 is 18.1 Å². The van der Waals surface area contributed by atoms with Crippen LogP contribution in [0, 0.1) is 46.3 Å². The summed E-state index contributed by atoms with van der Waals surface area (Å²) in [6, 6.07) is 0. The Balaban J connectivity index is 1.24. The standard InChI is InChI=1S/C38H62O7/c1-9-36(5,6)45-35(41)43-24-42-33(39)17-18-34(40)44-28-19-21-37(7)27(23-28)13-14-29-31-16-15-30(26(4)12-10-11-25(2)3)38(31,8)22-20-32(29)37/h13,25-26,28-32H,9-12,14-24H2,1-8H3/t26-,28+,29+,30?,31+,32+,37+,38-/m1/s1. The summed E-state index contributed by atoms with van der Waals surface area (Å²) < 4.78 is 20.8. The number of fused-ring (bicyclic) bond motifs is 5. The Morgan fingerprint density at radius 2 is 1.67 bits per heavy atom. The molecule has 0 heterocycles. The molecule has 4 rings (SSSR count). The SMILES string of the molecule is CCC(C)(C)OC(=O)OCOC(=O)CCC(=O)O[C@H]1CC[C@@]2(C)C(=CC[C@@H]3[C@@H]2CC[C@]2(C)C([C@H](C)CCCC(C)C)CC[C@@H]32)C1. The van der Waals surface area contributed by atoms with Crippen LogP contribution < -0.4 is 0 Å². The molecule has 0 spiro atoms. The molecule has 4 aliphatic rings. The highest BCUT2D eigenvalue weighted by Crippen LogP contribution is 2.67. The van der Waals surface area contributed by atoms with E-state index in [1.165, 1.54) is 56.9 Å². The van der Waals surface area contributed by atoms with Gasteiger partial charge in [-0.15, -0.1) is 0 Å². The van der Waals surface area contributed by atoms with E-state index in [9.17, 15) is 14.4 Å². The monoisotopic (exact) mass is 630 g/mol. The largest absolute Gasteiger partial charge is 0.511 e. The third kappa shape index (κ3) is 8.46. The average molecular weight is 631 g/mol. The summed E-state index contributed by atoms with van der Waals surface area (Å²) in [5.41, 5.74) is 1.52. The highest BCUT2D eigenvalue weighted by Gasteiger charge is 2.59. The van der Waals surface area contributed by atoms with Crippen LogP contribution in [0.1, 0.15) is 145 Å². The van der Waals surface area contributed by atoms with Gasteiger partial charge < -0.3 is 18.9 Å². The number of esters is 2. The van der Waals surface area contributed by atoms with E-state index >= 15 is 0 Å². The van der Waals surface area contributed by atoms with Crippen molar-refractivity contribution in [3.63, 3.8) is 0 Å². The first-order valence-electron chi connectivity index (χ1n) is 18.1. The van der Waals surface area contributed by atoms with Crippen molar-refractivity contribution in [2.75, 3.05) is 6.79 Å². The first-order chi connectivity index (χ1) is 21.2. The van der Waals surface area contributed by atoms with Crippen molar-refractivity contribution >= 4 is 18.1 Å².